The Morgan fingerprint density at radius 1 is 1.25 bits per heavy atom. The Labute approximate surface area is 163 Å². The maximum atomic E-state index is 13.0. The average molecular weight is 435 g/mol. The second-order valence-corrected chi connectivity index (χ2v) is 8.36. The van der Waals surface area contributed by atoms with Crippen LogP contribution in [0.3, 0.4) is 0 Å². The van der Waals surface area contributed by atoms with Crippen molar-refractivity contribution in [3.05, 3.63) is 53.1 Å². The molecular formula is C17H14ClF3N2O4S. The van der Waals surface area contributed by atoms with Gasteiger partial charge < -0.3 is 10.1 Å². The summed E-state index contributed by atoms with van der Waals surface area (Å²) in [5.74, 6) is -0.620. The fraction of sp³-hybridized carbons (Fsp3) is 0.235. The number of fused-ring (bicyclic) bond motifs is 1. The van der Waals surface area contributed by atoms with E-state index < -0.39 is 38.8 Å². The summed E-state index contributed by atoms with van der Waals surface area (Å²) in [6.45, 7) is -0.318. The molecule has 28 heavy (non-hydrogen) atoms. The minimum absolute atomic E-state index is 0.143. The first-order valence-corrected chi connectivity index (χ1v) is 10.1. The number of alkyl halides is 3. The highest BCUT2D eigenvalue weighted by atomic mass is 35.5. The molecule has 6 nitrogen and oxygen atoms in total. The number of benzene rings is 2. The fourth-order valence-corrected chi connectivity index (χ4v) is 3.83. The smallest absolute Gasteiger partial charge is 0.417 e. The van der Waals surface area contributed by atoms with Crippen LogP contribution in [0.1, 0.15) is 5.56 Å². The third kappa shape index (κ3) is 4.17. The number of amides is 1. The number of ether oxygens (including phenoxy) is 1. The van der Waals surface area contributed by atoms with E-state index in [9.17, 15) is 26.4 Å². The number of sulfonamides is 1. The molecule has 1 heterocycles. The van der Waals surface area contributed by atoms with E-state index >= 15 is 0 Å². The zero-order chi connectivity index (χ0) is 20.7. The summed E-state index contributed by atoms with van der Waals surface area (Å²) in [5, 5.41) is 1.81. The number of halogens is 4. The zero-order valence-electron chi connectivity index (χ0n) is 14.3. The van der Waals surface area contributed by atoms with Crippen LogP contribution < -0.4 is 14.4 Å². The van der Waals surface area contributed by atoms with Crippen molar-refractivity contribution in [2.24, 2.45) is 0 Å². The Hall–Kier alpha value is -2.46. The summed E-state index contributed by atoms with van der Waals surface area (Å²) >= 11 is 5.56. The molecule has 11 heteroatoms. The molecule has 0 bridgehead atoms. The molecule has 0 spiro atoms. The van der Waals surface area contributed by atoms with Gasteiger partial charge in [-0.1, -0.05) is 23.7 Å². The van der Waals surface area contributed by atoms with E-state index in [1.54, 1.807) is 12.1 Å². The molecule has 0 aliphatic carbocycles. The molecule has 0 fully saturated rings. The number of carbonyl (C=O) groups is 1. The average Bonchev–Trinajstić information content (AvgIpc) is 2.60. The first-order valence-electron chi connectivity index (χ1n) is 7.88. The summed E-state index contributed by atoms with van der Waals surface area (Å²) in [4.78, 5) is 12.5. The van der Waals surface area contributed by atoms with Crippen LogP contribution in [-0.2, 0) is 21.0 Å². The molecule has 150 valence electrons. The Balaban J connectivity index is 1.86. The van der Waals surface area contributed by atoms with Gasteiger partial charge in [0, 0.05) is 5.69 Å². The van der Waals surface area contributed by atoms with E-state index in [-0.39, 0.29) is 23.7 Å². The van der Waals surface area contributed by atoms with E-state index in [4.69, 9.17) is 16.3 Å². The maximum absolute atomic E-state index is 13.0. The highest BCUT2D eigenvalue weighted by molar-refractivity contribution is 7.92. The molecule has 0 aromatic heterocycles. The van der Waals surface area contributed by atoms with Gasteiger partial charge in [0.25, 0.3) is 5.91 Å². The lowest BCUT2D eigenvalue weighted by Crippen LogP contribution is -2.48. The predicted molar refractivity (Wildman–Crippen MR) is 98.1 cm³/mol. The van der Waals surface area contributed by atoms with E-state index in [0.29, 0.717) is 6.07 Å². The van der Waals surface area contributed by atoms with E-state index in [2.05, 4.69) is 5.32 Å². The minimum Gasteiger partial charge on any atom is -0.476 e. The molecule has 0 saturated carbocycles. The summed E-state index contributed by atoms with van der Waals surface area (Å²) in [6.07, 6.45) is -4.96. The number of carbonyl (C=O) groups excluding carboxylic acids is 1. The summed E-state index contributed by atoms with van der Waals surface area (Å²) in [6, 6.07) is 9.17. The zero-order valence-corrected chi connectivity index (χ0v) is 15.9. The van der Waals surface area contributed by atoms with Gasteiger partial charge in [0.15, 0.2) is 6.10 Å². The van der Waals surface area contributed by atoms with Crippen molar-refractivity contribution in [3.8, 4) is 5.75 Å². The fourth-order valence-electron chi connectivity index (χ4n) is 2.70. The number of hydrogen-bond donors (Lipinski definition) is 1. The van der Waals surface area contributed by atoms with E-state index in [1.165, 1.54) is 18.2 Å². The third-order valence-electron chi connectivity index (χ3n) is 3.97. The topological polar surface area (TPSA) is 75.7 Å². The lowest BCUT2D eigenvalue weighted by molar-refractivity contribution is -0.137. The van der Waals surface area contributed by atoms with Crippen LogP contribution in [0, 0.1) is 0 Å². The van der Waals surface area contributed by atoms with Gasteiger partial charge in [-0.25, -0.2) is 8.42 Å². The number of para-hydroxylation sites is 2. The van der Waals surface area contributed by atoms with Crippen LogP contribution >= 0.6 is 11.6 Å². The lowest BCUT2D eigenvalue weighted by Gasteiger charge is -2.33. The van der Waals surface area contributed by atoms with Crippen LogP contribution in [0.15, 0.2) is 42.5 Å². The minimum atomic E-state index is -4.69. The van der Waals surface area contributed by atoms with Gasteiger partial charge in [-0.2, -0.15) is 13.2 Å². The Morgan fingerprint density at radius 2 is 1.93 bits per heavy atom. The molecule has 0 saturated heterocycles. The van der Waals surface area contributed by atoms with Crippen LogP contribution in [0.2, 0.25) is 5.02 Å². The number of rotatable bonds is 3. The van der Waals surface area contributed by atoms with E-state index in [1.807, 2.05) is 0 Å². The van der Waals surface area contributed by atoms with Gasteiger partial charge in [0.2, 0.25) is 10.0 Å². The second kappa shape index (κ2) is 7.17. The first-order chi connectivity index (χ1) is 13.0. The molecule has 1 unspecified atom stereocenters. The van der Waals surface area contributed by atoms with Crippen molar-refractivity contribution in [1.29, 1.82) is 0 Å². The summed E-state index contributed by atoms with van der Waals surface area (Å²) < 4.78 is 69.6. The van der Waals surface area contributed by atoms with Gasteiger partial charge in [0.05, 0.1) is 29.1 Å². The number of nitrogens with one attached hydrogen (secondary N) is 1. The summed E-state index contributed by atoms with van der Waals surface area (Å²) in [7, 11) is -3.70. The van der Waals surface area contributed by atoms with Crippen molar-refractivity contribution >= 4 is 38.9 Å². The summed E-state index contributed by atoms with van der Waals surface area (Å²) in [5.41, 5.74) is -0.963. The molecule has 3 rings (SSSR count). The van der Waals surface area contributed by atoms with Gasteiger partial charge in [-0.15, -0.1) is 0 Å². The highest BCUT2D eigenvalue weighted by Crippen LogP contribution is 2.37. The quantitative estimate of drug-likeness (QED) is 0.802. The van der Waals surface area contributed by atoms with Gasteiger partial charge in [-0.05, 0) is 30.3 Å². The molecule has 1 atom stereocenters. The Morgan fingerprint density at radius 3 is 2.57 bits per heavy atom. The Bertz CT molecular complexity index is 1030. The number of anilines is 2. The molecule has 1 aliphatic heterocycles. The molecular weight excluding hydrogens is 421 g/mol. The number of hydrogen-bond acceptors (Lipinski definition) is 4. The van der Waals surface area contributed by atoms with Crippen LogP contribution in [0.5, 0.6) is 5.75 Å². The molecule has 1 aliphatic rings. The van der Waals surface area contributed by atoms with Crippen LogP contribution in [-0.4, -0.2) is 33.2 Å². The van der Waals surface area contributed by atoms with Crippen molar-refractivity contribution in [1.82, 2.24) is 0 Å². The lowest BCUT2D eigenvalue weighted by atomic mass is 10.1. The molecule has 2 aromatic rings. The maximum Gasteiger partial charge on any atom is 0.417 e. The first kappa shape index (κ1) is 20.3. The van der Waals surface area contributed by atoms with Crippen LogP contribution in [0.4, 0.5) is 24.5 Å². The molecule has 1 N–H and O–H groups in total. The van der Waals surface area contributed by atoms with Crippen molar-refractivity contribution < 1.29 is 31.1 Å². The monoisotopic (exact) mass is 434 g/mol. The second-order valence-electron chi connectivity index (χ2n) is 6.05. The standard InChI is InChI=1S/C17H14ClF3N2O4S/c1-28(25,26)23-9-15(27-14-5-3-2-4-13(14)23)16(24)22-10-6-7-12(18)11(8-10)17(19,20)21/h2-8,15H,9H2,1H3,(H,22,24). The third-order valence-corrected chi connectivity index (χ3v) is 5.44. The predicted octanol–water partition coefficient (Wildman–Crippen LogP) is 3.52. The van der Waals surface area contributed by atoms with Gasteiger partial charge in [-0.3, -0.25) is 9.10 Å². The molecule has 0 radical (unpaired) electrons. The molecule has 1 amide bonds. The molecule has 2 aromatic carbocycles. The van der Waals surface area contributed by atoms with Gasteiger partial charge in [0.1, 0.15) is 5.75 Å². The van der Waals surface area contributed by atoms with E-state index in [0.717, 1.165) is 16.6 Å². The van der Waals surface area contributed by atoms with Crippen molar-refractivity contribution in [2.45, 2.75) is 12.3 Å². The largest absolute Gasteiger partial charge is 0.476 e. The SMILES string of the molecule is CS(=O)(=O)N1CC(C(=O)Nc2ccc(Cl)c(C(F)(F)F)c2)Oc2ccccc21. The normalized spacial score (nSPS) is 16.9. The van der Waals surface area contributed by atoms with Crippen molar-refractivity contribution in [3.63, 3.8) is 0 Å². The van der Waals surface area contributed by atoms with Crippen LogP contribution in [0.25, 0.3) is 0 Å². The van der Waals surface area contributed by atoms with Gasteiger partial charge >= 0.3 is 6.18 Å². The Kier molecular flexibility index (Phi) is 5.20. The van der Waals surface area contributed by atoms with Crippen molar-refractivity contribution in [2.75, 3.05) is 22.4 Å². The number of nitrogens with zero attached hydrogens (tertiary/aromatic N) is 1. The highest BCUT2D eigenvalue weighted by Gasteiger charge is 2.36.